The lowest BCUT2D eigenvalue weighted by molar-refractivity contribution is 0.317. The quantitative estimate of drug-likeness (QED) is 0.861. The zero-order chi connectivity index (χ0) is 18.9. The van der Waals surface area contributed by atoms with Crippen molar-refractivity contribution < 1.29 is 0 Å². The van der Waals surface area contributed by atoms with Crippen LogP contribution in [0.2, 0.25) is 0 Å². The van der Waals surface area contributed by atoms with E-state index in [9.17, 15) is 15.8 Å². The third kappa shape index (κ3) is 2.49. The third-order valence-electron chi connectivity index (χ3n) is 5.76. The van der Waals surface area contributed by atoms with Crippen LogP contribution < -0.4 is 5.73 Å². The molecule has 130 valence electrons. The molecule has 0 radical (unpaired) electrons. The van der Waals surface area contributed by atoms with Crippen molar-refractivity contribution in [3.63, 3.8) is 0 Å². The number of nitrogens with zero attached hydrogens (tertiary/aromatic N) is 3. The Balaban J connectivity index is 2.25. The summed E-state index contributed by atoms with van der Waals surface area (Å²) >= 11 is 0. The van der Waals surface area contributed by atoms with E-state index in [0.29, 0.717) is 11.5 Å². The van der Waals surface area contributed by atoms with Gasteiger partial charge in [-0.1, -0.05) is 44.2 Å². The molecule has 2 aliphatic carbocycles. The topological polar surface area (TPSA) is 97.4 Å². The monoisotopic (exact) mass is 342 g/mol. The number of benzene rings is 1. The summed E-state index contributed by atoms with van der Waals surface area (Å²) in [4.78, 5) is 0. The molecule has 0 unspecified atom stereocenters. The summed E-state index contributed by atoms with van der Waals surface area (Å²) in [5, 5.41) is 29.6. The number of nitriles is 3. The van der Waals surface area contributed by atoms with E-state index in [1.165, 1.54) is 5.56 Å². The summed E-state index contributed by atoms with van der Waals surface area (Å²) in [6.45, 7) is 4.26. The van der Waals surface area contributed by atoms with Crippen molar-refractivity contribution in [1.29, 1.82) is 15.8 Å². The molecular formula is C22H22N4. The van der Waals surface area contributed by atoms with Gasteiger partial charge in [0.25, 0.3) is 0 Å². The second kappa shape index (κ2) is 6.70. The van der Waals surface area contributed by atoms with Crippen LogP contribution in [-0.4, -0.2) is 0 Å². The largest absolute Gasteiger partial charge is 0.399 e. The molecule has 26 heavy (non-hydrogen) atoms. The molecule has 0 aromatic heterocycles. The minimum absolute atomic E-state index is 0.0325. The fourth-order valence-corrected chi connectivity index (χ4v) is 4.34. The summed E-state index contributed by atoms with van der Waals surface area (Å²) in [6.07, 6.45) is 4.80. The normalized spacial score (nSPS) is 24.1. The zero-order valence-corrected chi connectivity index (χ0v) is 15.2. The lowest BCUT2D eigenvalue weighted by atomic mass is 9.56. The molecule has 0 saturated heterocycles. The molecule has 4 heteroatoms. The van der Waals surface area contributed by atoms with E-state index in [2.05, 4.69) is 50.3 Å². The first-order chi connectivity index (χ1) is 12.5. The SMILES string of the molecule is CC(C)c1ccc([C@H]2[C@H]3CCCC=C3C(C#N)=C(N)C2(C#N)C#N)cc1. The van der Waals surface area contributed by atoms with Crippen molar-refractivity contribution in [3.05, 3.63) is 58.3 Å². The Hall–Kier alpha value is -3.03. The van der Waals surface area contributed by atoms with E-state index in [0.717, 1.165) is 30.4 Å². The minimum Gasteiger partial charge on any atom is -0.399 e. The molecule has 4 nitrogen and oxygen atoms in total. The van der Waals surface area contributed by atoms with Crippen LogP contribution >= 0.6 is 0 Å². The van der Waals surface area contributed by atoms with Gasteiger partial charge in [-0.05, 0) is 47.8 Å². The summed E-state index contributed by atoms with van der Waals surface area (Å²) in [5.41, 5.74) is 8.26. The van der Waals surface area contributed by atoms with Crippen molar-refractivity contribution in [1.82, 2.24) is 0 Å². The van der Waals surface area contributed by atoms with E-state index in [1.54, 1.807) is 0 Å². The molecule has 0 spiro atoms. The van der Waals surface area contributed by atoms with E-state index in [4.69, 9.17) is 5.73 Å². The second-order valence-corrected chi connectivity index (χ2v) is 7.43. The summed E-state index contributed by atoms with van der Waals surface area (Å²) in [6, 6.07) is 14.7. The Kier molecular flexibility index (Phi) is 4.58. The molecule has 0 heterocycles. The van der Waals surface area contributed by atoms with Gasteiger partial charge in [-0.2, -0.15) is 15.8 Å². The Morgan fingerprint density at radius 2 is 1.77 bits per heavy atom. The molecule has 2 aliphatic rings. The van der Waals surface area contributed by atoms with Crippen molar-refractivity contribution in [2.24, 2.45) is 17.1 Å². The van der Waals surface area contributed by atoms with Crippen molar-refractivity contribution >= 4 is 0 Å². The van der Waals surface area contributed by atoms with Crippen molar-refractivity contribution in [2.75, 3.05) is 0 Å². The molecule has 1 aromatic rings. The van der Waals surface area contributed by atoms with Crippen LogP contribution in [0.4, 0.5) is 0 Å². The Morgan fingerprint density at radius 3 is 2.31 bits per heavy atom. The highest BCUT2D eigenvalue weighted by Gasteiger charge is 2.53. The molecule has 2 N–H and O–H groups in total. The molecule has 0 fully saturated rings. The maximum atomic E-state index is 9.97. The summed E-state index contributed by atoms with van der Waals surface area (Å²) < 4.78 is 0. The van der Waals surface area contributed by atoms with Gasteiger partial charge in [-0.25, -0.2) is 0 Å². The maximum Gasteiger partial charge on any atom is 0.191 e. The lowest BCUT2D eigenvalue weighted by Crippen LogP contribution is -2.42. The van der Waals surface area contributed by atoms with Crippen LogP contribution in [0.3, 0.4) is 0 Å². The van der Waals surface area contributed by atoms with Crippen LogP contribution in [0.5, 0.6) is 0 Å². The molecule has 2 atom stereocenters. The second-order valence-electron chi connectivity index (χ2n) is 7.43. The lowest BCUT2D eigenvalue weighted by Gasteiger charge is -2.43. The smallest absolute Gasteiger partial charge is 0.191 e. The predicted octanol–water partition coefficient (Wildman–Crippen LogP) is 4.40. The van der Waals surface area contributed by atoms with E-state index in [1.807, 2.05) is 12.1 Å². The number of hydrogen-bond acceptors (Lipinski definition) is 4. The van der Waals surface area contributed by atoms with Crippen LogP contribution in [-0.2, 0) is 0 Å². The average Bonchev–Trinajstić information content (AvgIpc) is 2.67. The fourth-order valence-electron chi connectivity index (χ4n) is 4.34. The van der Waals surface area contributed by atoms with Crippen LogP contribution in [0.25, 0.3) is 0 Å². The summed E-state index contributed by atoms with van der Waals surface area (Å²) in [5.74, 6) is 0.0182. The van der Waals surface area contributed by atoms with Crippen LogP contribution in [0.15, 0.2) is 47.2 Å². The van der Waals surface area contributed by atoms with Gasteiger partial charge in [-0.15, -0.1) is 0 Å². The Labute approximate surface area is 154 Å². The highest BCUT2D eigenvalue weighted by atomic mass is 14.7. The fraction of sp³-hybridized carbons (Fsp3) is 0.409. The summed E-state index contributed by atoms with van der Waals surface area (Å²) in [7, 11) is 0. The Morgan fingerprint density at radius 1 is 1.12 bits per heavy atom. The van der Waals surface area contributed by atoms with Gasteiger partial charge >= 0.3 is 0 Å². The first-order valence-corrected chi connectivity index (χ1v) is 9.03. The molecule has 0 amide bonds. The third-order valence-corrected chi connectivity index (χ3v) is 5.76. The standard InChI is InChI=1S/C22H22N4/c1-14(2)15-7-9-16(10-8-15)20-18-6-4-3-5-17(18)19(11-23)21(26)22(20,12-24)13-25/h5,7-10,14,18,20H,3-4,6,26H2,1-2H3/t18-,20-/m0/s1. The number of allylic oxidation sites excluding steroid dienone is 4. The average molecular weight is 342 g/mol. The molecular weight excluding hydrogens is 320 g/mol. The van der Waals surface area contributed by atoms with Gasteiger partial charge in [0, 0.05) is 5.92 Å². The van der Waals surface area contributed by atoms with E-state index in [-0.39, 0.29) is 17.5 Å². The molecule has 0 saturated carbocycles. The number of rotatable bonds is 2. The van der Waals surface area contributed by atoms with Gasteiger partial charge in [0.1, 0.15) is 6.07 Å². The van der Waals surface area contributed by atoms with Gasteiger partial charge in [-0.3, -0.25) is 0 Å². The highest BCUT2D eigenvalue weighted by Crippen LogP contribution is 2.55. The highest BCUT2D eigenvalue weighted by molar-refractivity contribution is 5.59. The van der Waals surface area contributed by atoms with E-state index >= 15 is 0 Å². The van der Waals surface area contributed by atoms with Gasteiger partial charge in [0.15, 0.2) is 5.41 Å². The first kappa shape index (κ1) is 17.8. The van der Waals surface area contributed by atoms with Crippen molar-refractivity contribution in [2.45, 2.75) is 44.9 Å². The maximum absolute atomic E-state index is 9.97. The van der Waals surface area contributed by atoms with Gasteiger partial charge < -0.3 is 5.73 Å². The number of hydrogen-bond donors (Lipinski definition) is 1. The van der Waals surface area contributed by atoms with E-state index < -0.39 is 5.41 Å². The van der Waals surface area contributed by atoms with Gasteiger partial charge in [0.05, 0.1) is 23.4 Å². The first-order valence-electron chi connectivity index (χ1n) is 9.03. The van der Waals surface area contributed by atoms with Gasteiger partial charge in [0.2, 0.25) is 0 Å². The molecule has 0 aliphatic heterocycles. The van der Waals surface area contributed by atoms with Crippen molar-refractivity contribution in [3.8, 4) is 18.2 Å². The minimum atomic E-state index is -1.51. The number of fused-ring (bicyclic) bond motifs is 1. The predicted molar refractivity (Wildman–Crippen MR) is 99.2 cm³/mol. The number of nitrogens with two attached hydrogens (primary N) is 1. The zero-order valence-electron chi connectivity index (χ0n) is 15.2. The van der Waals surface area contributed by atoms with Crippen LogP contribution in [0.1, 0.15) is 56.1 Å². The Bertz CT molecular complexity index is 883. The van der Waals surface area contributed by atoms with Crippen LogP contribution in [0, 0.1) is 45.3 Å². The molecule has 0 bridgehead atoms. The molecule has 1 aromatic carbocycles. The molecule has 3 rings (SSSR count).